The molecule has 8 heteroatoms. The zero-order valence-corrected chi connectivity index (χ0v) is 14.3. The van der Waals surface area contributed by atoms with E-state index < -0.39 is 6.10 Å². The lowest BCUT2D eigenvalue weighted by atomic mass is 10.2. The number of carbonyl (C=O) groups is 1. The van der Waals surface area contributed by atoms with Crippen LogP contribution in [0.5, 0.6) is 11.5 Å². The minimum Gasteiger partial charge on any atom is -0.485 e. The number of aryl methyl sites for hydroxylation is 1. The lowest BCUT2D eigenvalue weighted by Gasteiger charge is -2.25. The Bertz CT molecular complexity index is 677. The molecule has 0 spiro atoms. The van der Waals surface area contributed by atoms with Crippen molar-refractivity contribution in [2.45, 2.75) is 23.8 Å². The van der Waals surface area contributed by atoms with Crippen molar-refractivity contribution in [1.29, 1.82) is 0 Å². The first-order valence-electron chi connectivity index (χ1n) is 7.31. The van der Waals surface area contributed by atoms with Gasteiger partial charge in [-0.1, -0.05) is 35.2 Å². The summed E-state index contributed by atoms with van der Waals surface area (Å²) < 4.78 is 12.2. The third-order valence-corrected chi connectivity index (χ3v) is 5.21. The third kappa shape index (κ3) is 4.35. The molecule has 0 saturated carbocycles. The number of aromatic nitrogens is 2. The van der Waals surface area contributed by atoms with Crippen molar-refractivity contribution in [3.8, 4) is 11.5 Å². The second-order valence-corrected chi connectivity index (χ2v) is 7.47. The number of carbonyl (C=O) groups excluding carboxylic acids is 1. The molecule has 1 N–H and O–H groups in total. The Morgan fingerprint density at radius 3 is 3.00 bits per heavy atom. The van der Waals surface area contributed by atoms with E-state index in [-0.39, 0.29) is 12.5 Å². The van der Waals surface area contributed by atoms with Gasteiger partial charge in [0.25, 0.3) is 5.91 Å². The molecule has 2 heterocycles. The third-order valence-electron chi connectivity index (χ3n) is 3.15. The predicted molar refractivity (Wildman–Crippen MR) is 89.3 cm³/mol. The topological polar surface area (TPSA) is 73.3 Å². The maximum atomic E-state index is 12.1. The van der Waals surface area contributed by atoms with E-state index in [1.807, 2.05) is 25.1 Å². The number of amides is 1. The highest BCUT2D eigenvalue weighted by atomic mass is 32.2. The monoisotopic (exact) mass is 351 g/mol. The van der Waals surface area contributed by atoms with E-state index >= 15 is 0 Å². The fourth-order valence-electron chi connectivity index (χ4n) is 2.04. The maximum Gasteiger partial charge on any atom is 0.264 e. The maximum absolute atomic E-state index is 12.1. The number of para-hydroxylation sites is 2. The second-order valence-electron chi connectivity index (χ2n) is 4.94. The summed E-state index contributed by atoms with van der Waals surface area (Å²) in [7, 11) is 0. The first-order valence-corrected chi connectivity index (χ1v) is 9.11. The molecule has 0 radical (unpaired) electrons. The van der Waals surface area contributed by atoms with Gasteiger partial charge in [0.2, 0.25) is 6.10 Å². The van der Waals surface area contributed by atoms with Crippen molar-refractivity contribution in [2.75, 3.05) is 18.9 Å². The summed E-state index contributed by atoms with van der Waals surface area (Å²) in [5, 5.41) is 11.9. The molecule has 1 atom stereocenters. The molecule has 0 fully saturated rings. The zero-order valence-electron chi connectivity index (χ0n) is 12.7. The summed E-state index contributed by atoms with van der Waals surface area (Å²) in [6.07, 6.45) is 0.266. The molecular weight excluding hydrogens is 334 g/mol. The fourth-order valence-corrected chi connectivity index (χ4v) is 3.87. The molecule has 1 aromatic carbocycles. The zero-order chi connectivity index (χ0) is 16.1. The minimum absolute atomic E-state index is 0.142. The highest BCUT2D eigenvalue weighted by Gasteiger charge is 2.26. The predicted octanol–water partition coefficient (Wildman–Crippen LogP) is 2.28. The van der Waals surface area contributed by atoms with Crippen molar-refractivity contribution >= 4 is 29.0 Å². The van der Waals surface area contributed by atoms with Gasteiger partial charge in [-0.2, -0.15) is 0 Å². The van der Waals surface area contributed by atoms with Crippen LogP contribution in [0.4, 0.5) is 0 Å². The summed E-state index contributed by atoms with van der Waals surface area (Å²) in [5.74, 6) is 2.04. The van der Waals surface area contributed by atoms with E-state index in [1.54, 1.807) is 29.2 Å². The standard InChI is InChI=1S/C15H17N3O3S2/c1-10-17-18-15(23-10)22-8-4-7-16-14(19)13-9-20-11-5-2-3-6-12(11)21-13/h2-3,5-6,13H,4,7-9H2,1H3,(H,16,19)/t13-/m0/s1. The molecule has 1 amide bonds. The Hall–Kier alpha value is -1.80. The van der Waals surface area contributed by atoms with Gasteiger partial charge >= 0.3 is 0 Å². The number of nitrogens with one attached hydrogen (secondary N) is 1. The molecule has 1 aliphatic rings. The first-order chi connectivity index (χ1) is 11.2. The number of rotatable bonds is 6. The van der Waals surface area contributed by atoms with Gasteiger partial charge in [-0.25, -0.2) is 0 Å². The second kappa shape index (κ2) is 7.65. The van der Waals surface area contributed by atoms with Gasteiger partial charge in [-0.3, -0.25) is 4.79 Å². The van der Waals surface area contributed by atoms with E-state index in [4.69, 9.17) is 9.47 Å². The molecule has 3 rings (SSSR count). The molecule has 2 aromatic rings. The van der Waals surface area contributed by atoms with Crippen LogP contribution in [0.1, 0.15) is 11.4 Å². The summed E-state index contributed by atoms with van der Waals surface area (Å²) in [6, 6.07) is 7.36. The summed E-state index contributed by atoms with van der Waals surface area (Å²) in [4.78, 5) is 12.1. The SMILES string of the molecule is Cc1nnc(SCCCNC(=O)[C@@H]2COc3ccccc3O2)s1. The highest BCUT2D eigenvalue weighted by Crippen LogP contribution is 2.30. The molecule has 1 aliphatic heterocycles. The average molecular weight is 351 g/mol. The Morgan fingerprint density at radius 1 is 1.39 bits per heavy atom. The first kappa shape index (κ1) is 16.1. The van der Waals surface area contributed by atoms with Crippen LogP contribution in [0.2, 0.25) is 0 Å². The van der Waals surface area contributed by atoms with Gasteiger partial charge in [-0.15, -0.1) is 10.2 Å². The molecule has 6 nitrogen and oxygen atoms in total. The number of hydrogen-bond donors (Lipinski definition) is 1. The van der Waals surface area contributed by atoms with Crippen LogP contribution in [0.25, 0.3) is 0 Å². The number of thioether (sulfide) groups is 1. The molecule has 0 unspecified atom stereocenters. The van der Waals surface area contributed by atoms with E-state index in [1.165, 1.54) is 0 Å². The summed E-state index contributed by atoms with van der Waals surface area (Å²) in [5.41, 5.74) is 0. The molecule has 0 bridgehead atoms. The molecule has 0 aliphatic carbocycles. The Labute approximate surface area is 142 Å². The van der Waals surface area contributed by atoms with Crippen molar-refractivity contribution in [3.63, 3.8) is 0 Å². The average Bonchev–Trinajstić information content (AvgIpc) is 2.99. The fraction of sp³-hybridized carbons (Fsp3) is 0.400. The number of hydrogen-bond acceptors (Lipinski definition) is 7. The highest BCUT2D eigenvalue weighted by molar-refractivity contribution is 8.01. The van der Waals surface area contributed by atoms with Crippen LogP contribution in [-0.4, -0.2) is 41.1 Å². The van der Waals surface area contributed by atoms with Crippen LogP contribution in [0, 0.1) is 6.92 Å². The molecule has 23 heavy (non-hydrogen) atoms. The quantitative estimate of drug-likeness (QED) is 0.636. The molecular formula is C15H17N3O3S2. The van der Waals surface area contributed by atoms with Crippen LogP contribution < -0.4 is 14.8 Å². The van der Waals surface area contributed by atoms with E-state index in [2.05, 4.69) is 15.5 Å². The van der Waals surface area contributed by atoms with Gasteiger partial charge in [0, 0.05) is 12.3 Å². The number of ether oxygens (including phenoxy) is 2. The molecule has 0 saturated heterocycles. The normalized spacial score (nSPS) is 16.1. The van der Waals surface area contributed by atoms with E-state index in [0.717, 1.165) is 21.5 Å². The summed E-state index contributed by atoms with van der Waals surface area (Å²) >= 11 is 3.24. The van der Waals surface area contributed by atoms with E-state index in [0.29, 0.717) is 18.0 Å². The van der Waals surface area contributed by atoms with Gasteiger partial charge in [0.05, 0.1) is 0 Å². The Balaban J connectivity index is 1.37. The van der Waals surface area contributed by atoms with Crippen LogP contribution in [-0.2, 0) is 4.79 Å². The van der Waals surface area contributed by atoms with Gasteiger partial charge in [0.15, 0.2) is 15.8 Å². The van der Waals surface area contributed by atoms with Crippen LogP contribution in [0.3, 0.4) is 0 Å². The van der Waals surface area contributed by atoms with Crippen LogP contribution >= 0.6 is 23.1 Å². The van der Waals surface area contributed by atoms with Gasteiger partial charge < -0.3 is 14.8 Å². The van der Waals surface area contributed by atoms with Crippen molar-refractivity contribution in [3.05, 3.63) is 29.3 Å². The largest absolute Gasteiger partial charge is 0.485 e. The molecule has 1 aromatic heterocycles. The van der Waals surface area contributed by atoms with Gasteiger partial charge in [-0.05, 0) is 25.5 Å². The number of benzene rings is 1. The Morgan fingerprint density at radius 2 is 2.22 bits per heavy atom. The lowest BCUT2D eigenvalue weighted by molar-refractivity contribution is -0.130. The van der Waals surface area contributed by atoms with Crippen LogP contribution in [0.15, 0.2) is 28.6 Å². The van der Waals surface area contributed by atoms with Crippen molar-refractivity contribution in [1.82, 2.24) is 15.5 Å². The van der Waals surface area contributed by atoms with Crippen molar-refractivity contribution in [2.24, 2.45) is 0 Å². The van der Waals surface area contributed by atoms with Crippen molar-refractivity contribution < 1.29 is 14.3 Å². The lowest BCUT2D eigenvalue weighted by Crippen LogP contribution is -2.44. The number of fused-ring (bicyclic) bond motifs is 1. The van der Waals surface area contributed by atoms with E-state index in [9.17, 15) is 4.79 Å². The van der Waals surface area contributed by atoms with Gasteiger partial charge in [0.1, 0.15) is 11.6 Å². The summed E-state index contributed by atoms with van der Waals surface area (Å²) in [6.45, 7) is 2.78. The Kier molecular flexibility index (Phi) is 5.35. The molecule has 122 valence electrons. The smallest absolute Gasteiger partial charge is 0.264 e. The minimum atomic E-state index is -0.594. The number of nitrogens with zero attached hydrogens (tertiary/aromatic N) is 2.